The van der Waals surface area contributed by atoms with E-state index >= 15 is 0 Å². The predicted molar refractivity (Wildman–Crippen MR) is 111 cm³/mol. The van der Waals surface area contributed by atoms with E-state index in [-0.39, 0.29) is 23.7 Å². The second-order valence-electron chi connectivity index (χ2n) is 6.33. The molecule has 11 heteroatoms. The van der Waals surface area contributed by atoms with Crippen molar-refractivity contribution in [2.45, 2.75) is 13.0 Å². The minimum Gasteiger partial charge on any atom is -0.493 e. The highest BCUT2D eigenvalue weighted by Gasteiger charge is 2.21. The number of benzene rings is 2. The lowest BCUT2D eigenvalue weighted by Gasteiger charge is -2.14. The maximum atomic E-state index is 12.9. The van der Waals surface area contributed by atoms with Crippen molar-refractivity contribution in [3.05, 3.63) is 53.8 Å². The Kier molecular flexibility index (Phi) is 8.52. The van der Waals surface area contributed by atoms with Gasteiger partial charge in [0.05, 0.1) is 12.7 Å². The SMILES string of the molecule is CNC(=O)NC(=O)[C@H](C)OC(=O)c1ccc(OCC(=O)Nc2ccc(F)cc2)c(OC)c1. The molecule has 170 valence electrons. The van der Waals surface area contributed by atoms with Gasteiger partial charge in [-0.15, -0.1) is 0 Å². The lowest BCUT2D eigenvalue weighted by Crippen LogP contribution is -2.43. The molecule has 32 heavy (non-hydrogen) atoms. The molecule has 10 nitrogen and oxygen atoms in total. The van der Waals surface area contributed by atoms with Crippen LogP contribution in [-0.2, 0) is 14.3 Å². The van der Waals surface area contributed by atoms with E-state index in [0.29, 0.717) is 5.69 Å². The van der Waals surface area contributed by atoms with Crippen LogP contribution in [0.2, 0.25) is 0 Å². The van der Waals surface area contributed by atoms with Crippen molar-refractivity contribution in [1.29, 1.82) is 0 Å². The number of hydrogen-bond donors (Lipinski definition) is 3. The van der Waals surface area contributed by atoms with Gasteiger partial charge in [-0.3, -0.25) is 14.9 Å². The zero-order valence-electron chi connectivity index (χ0n) is 17.6. The average Bonchev–Trinajstić information content (AvgIpc) is 2.78. The van der Waals surface area contributed by atoms with Crippen LogP contribution in [0.1, 0.15) is 17.3 Å². The Morgan fingerprint density at radius 2 is 1.72 bits per heavy atom. The van der Waals surface area contributed by atoms with E-state index in [4.69, 9.17) is 14.2 Å². The molecule has 0 aliphatic carbocycles. The zero-order valence-corrected chi connectivity index (χ0v) is 17.6. The summed E-state index contributed by atoms with van der Waals surface area (Å²) in [5.41, 5.74) is 0.462. The molecule has 0 heterocycles. The van der Waals surface area contributed by atoms with Crippen molar-refractivity contribution in [1.82, 2.24) is 10.6 Å². The van der Waals surface area contributed by atoms with Gasteiger partial charge in [-0.2, -0.15) is 0 Å². The number of methoxy groups -OCH3 is 1. The summed E-state index contributed by atoms with van der Waals surface area (Å²) >= 11 is 0. The van der Waals surface area contributed by atoms with Crippen molar-refractivity contribution in [3.8, 4) is 11.5 Å². The van der Waals surface area contributed by atoms with E-state index in [2.05, 4.69) is 10.6 Å². The quantitative estimate of drug-likeness (QED) is 0.526. The van der Waals surface area contributed by atoms with Gasteiger partial charge in [-0.1, -0.05) is 0 Å². The molecule has 0 unspecified atom stereocenters. The van der Waals surface area contributed by atoms with E-state index in [1.54, 1.807) is 0 Å². The normalized spacial score (nSPS) is 11.0. The van der Waals surface area contributed by atoms with Gasteiger partial charge >= 0.3 is 12.0 Å². The van der Waals surface area contributed by atoms with Gasteiger partial charge in [0, 0.05) is 12.7 Å². The van der Waals surface area contributed by atoms with Gasteiger partial charge in [-0.25, -0.2) is 14.0 Å². The third kappa shape index (κ3) is 6.97. The summed E-state index contributed by atoms with van der Waals surface area (Å²) < 4.78 is 28.6. The number of anilines is 1. The number of carbonyl (C=O) groups is 4. The van der Waals surface area contributed by atoms with Crippen molar-refractivity contribution in [3.63, 3.8) is 0 Å². The summed E-state index contributed by atoms with van der Waals surface area (Å²) in [6, 6.07) is 8.58. The van der Waals surface area contributed by atoms with Crippen LogP contribution in [0.15, 0.2) is 42.5 Å². The van der Waals surface area contributed by atoms with E-state index in [9.17, 15) is 23.6 Å². The zero-order chi connectivity index (χ0) is 23.7. The summed E-state index contributed by atoms with van der Waals surface area (Å²) in [6.07, 6.45) is -1.23. The first-order chi connectivity index (χ1) is 15.2. The van der Waals surface area contributed by atoms with E-state index < -0.39 is 35.7 Å². The van der Waals surface area contributed by atoms with Crippen LogP contribution in [0.25, 0.3) is 0 Å². The number of amides is 4. The van der Waals surface area contributed by atoms with Gasteiger partial charge in [0.2, 0.25) is 0 Å². The Labute approximate surface area is 183 Å². The number of carbonyl (C=O) groups excluding carboxylic acids is 4. The molecular formula is C21H22FN3O7. The lowest BCUT2D eigenvalue weighted by atomic mass is 10.2. The predicted octanol–water partition coefficient (Wildman–Crippen LogP) is 1.85. The third-order valence-corrected chi connectivity index (χ3v) is 4.00. The number of hydrogen-bond acceptors (Lipinski definition) is 7. The number of ether oxygens (including phenoxy) is 3. The second-order valence-corrected chi connectivity index (χ2v) is 6.33. The molecule has 2 aromatic rings. The summed E-state index contributed by atoms with van der Waals surface area (Å²) in [5, 5.41) is 6.75. The molecule has 0 aromatic heterocycles. The fraction of sp³-hybridized carbons (Fsp3) is 0.238. The van der Waals surface area contributed by atoms with Crippen molar-refractivity contribution in [2.24, 2.45) is 0 Å². The second kappa shape index (κ2) is 11.3. The molecule has 0 saturated carbocycles. The highest BCUT2D eigenvalue weighted by molar-refractivity contribution is 5.98. The average molecular weight is 447 g/mol. The van der Waals surface area contributed by atoms with E-state index in [1.807, 2.05) is 5.32 Å². The van der Waals surface area contributed by atoms with Crippen LogP contribution >= 0.6 is 0 Å². The standard InChI is InChI=1S/C21H22FN3O7/c1-12(19(27)25-21(29)23-2)32-20(28)13-4-9-16(17(10-13)30-3)31-11-18(26)24-15-7-5-14(22)6-8-15/h4-10,12H,11H2,1-3H3,(H,24,26)(H2,23,25,27,29)/t12-/m0/s1. The number of esters is 1. The van der Waals surface area contributed by atoms with Gasteiger partial charge in [0.25, 0.3) is 11.8 Å². The van der Waals surface area contributed by atoms with Crippen molar-refractivity contribution >= 4 is 29.5 Å². The maximum absolute atomic E-state index is 12.9. The summed E-state index contributed by atoms with van der Waals surface area (Å²) in [4.78, 5) is 47.3. The lowest BCUT2D eigenvalue weighted by molar-refractivity contribution is -0.127. The van der Waals surface area contributed by atoms with Crippen LogP contribution < -0.4 is 25.4 Å². The minimum absolute atomic E-state index is 0.0598. The topological polar surface area (TPSA) is 132 Å². The number of nitrogens with one attached hydrogen (secondary N) is 3. The van der Waals surface area contributed by atoms with Crippen LogP contribution in [0.4, 0.5) is 14.9 Å². The van der Waals surface area contributed by atoms with Gasteiger partial charge < -0.3 is 24.8 Å². The fourth-order valence-corrected chi connectivity index (χ4v) is 2.35. The molecule has 1 atom stereocenters. The molecule has 2 aromatic carbocycles. The molecule has 0 radical (unpaired) electrons. The molecule has 0 spiro atoms. The Morgan fingerprint density at radius 3 is 2.34 bits per heavy atom. The van der Waals surface area contributed by atoms with Crippen LogP contribution in [0, 0.1) is 5.82 Å². The highest BCUT2D eigenvalue weighted by atomic mass is 19.1. The Morgan fingerprint density at radius 1 is 1.03 bits per heavy atom. The molecule has 0 fully saturated rings. The van der Waals surface area contributed by atoms with Gasteiger partial charge in [-0.05, 0) is 49.4 Å². The highest BCUT2D eigenvalue weighted by Crippen LogP contribution is 2.28. The molecule has 0 bridgehead atoms. The number of rotatable bonds is 8. The van der Waals surface area contributed by atoms with Gasteiger partial charge in [0.1, 0.15) is 5.82 Å². The monoisotopic (exact) mass is 447 g/mol. The third-order valence-electron chi connectivity index (χ3n) is 4.00. The maximum Gasteiger partial charge on any atom is 0.339 e. The molecule has 0 saturated heterocycles. The summed E-state index contributed by atoms with van der Waals surface area (Å²) in [6.45, 7) is 0.943. The van der Waals surface area contributed by atoms with Crippen LogP contribution in [0.5, 0.6) is 11.5 Å². The first kappa shape index (κ1) is 24.1. The molecule has 2 rings (SSSR count). The van der Waals surface area contributed by atoms with Gasteiger partial charge in [0.15, 0.2) is 24.2 Å². The summed E-state index contributed by atoms with van der Waals surface area (Å²) in [7, 11) is 2.68. The molecule has 4 amide bonds. The fourth-order valence-electron chi connectivity index (χ4n) is 2.35. The van der Waals surface area contributed by atoms with Crippen molar-refractivity contribution in [2.75, 3.05) is 26.1 Å². The number of halogens is 1. The van der Waals surface area contributed by atoms with E-state index in [1.165, 1.54) is 63.5 Å². The van der Waals surface area contributed by atoms with E-state index in [0.717, 1.165) is 0 Å². The first-order valence-corrected chi connectivity index (χ1v) is 9.33. The smallest absolute Gasteiger partial charge is 0.339 e. The first-order valence-electron chi connectivity index (χ1n) is 9.33. The van der Waals surface area contributed by atoms with Crippen molar-refractivity contribution < 1.29 is 37.8 Å². The molecule has 3 N–H and O–H groups in total. The van der Waals surface area contributed by atoms with Crippen LogP contribution in [0.3, 0.4) is 0 Å². The molecular weight excluding hydrogens is 425 g/mol. The summed E-state index contributed by atoms with van der Waals surface area (Å²) in [5.74, 6) is -2.21. The Balaban J connectivity index is 1.96. The van der Waals surface area contributed by atoms with Crippen LogP contribution in [-0.4, -0.2) is 50.7 Å². The number of urea groups is 1. The Hall–Kier alpha value is -4.15. The number of imide groups is 1. The Bertz CT molecular complexity index is 995. The minimum atomic E-state index is -1.23. The molecule has 0 aliphatic rings. The largest absolute Gasteiger partial charge is 0.493 e. The molecule has 0 aliphatic heterocycles.